The fourth-order valence-corrected chi connectivity index (χ4v) is 4.79. The summed E-state index contributed by atoms with van der Waals surface area (Å²) in [6.45, 7) is 19.8. The number of aliphatic imine (C=N–C) groups is 1. The predicted molar refractivity (Wildman–Crippen MR) is 178 cm³/mol. The highest BCUT2D eigenvalue weighted by molar-refractivity contribution is 5.74. The van der Waals surface area contributed by atoms with E-state index >= 15 is 0 Å². The zero-order valence-electron chi connectivity index (χ0n) is 27.2. The quantitative estimate of drug-likeness (QED) is 0.235. The number of ether oxygens (including phenoxy) is 1. The zero-order chi connectivity index (χ0) is 30.0. The number of benzene rings is 2. The summed E-state index contributed by atoms with van der Waals surface area (Å²) in [6, 6.07) is 18.0. The molecule has 0 unspecified atom stereocenters. The Hall–Kier alpha value is -2.98. The maximum absolute atomic E-state index is 5.86. The Balaban J connectivity index is 0.000000256. The number of hydrogen-bond acceptors (Lipinski definition) is 4. The van der Waals surface area contributed by atoms with Gasteiger partial charge in [0.25, 0.3) is 0 Å². The van der Waals surface area contributed by atoms with E-state index in [9.17, 15) is 0 Å². The van der Waals surface area contributed by atoms with Crippen molar-refractivity contribution in [3.05, 3.63) is 88.2 Å². The van der Waals surface area contributed by atoms with E-state index in [4.69, 9.17) is 4.74 Å². The van der Waals surface area contributed by atoms with Crippen LogP contribution in [0.4, 0.5) is 5.69 Å². The Morgan fingerprint density at radius 1 is 0.854 bits per heavy atom. The molecular weight excluding hydrogens is 502 g/mol. The van der Waals surface area contributed by atoms with Gasteiger partial charge in [0.05, 0.1) is 11.4 Å². The first-order valence-corrected chi connectivity index (χ1v) is 16.1. The highest BCUT2D eigenvalue weighted by Gasteiger charge is 2.27. The van der Waals surface area contributed by atoms with Crippen LogP contribution in [0.15, 0.2) is 59.7 Å². The van der Waals surface area contributed by atoms with Crippen molar-refractivity contribution in [1.82, 2.24) is 9.88 Å². The molecule has 4 heteroatoms. The van der Waals surface area contributed by atoms with Crippen LogP contribution >= 0.6 is 0 Å². The van der Waals surface area contributed by atoms with Gasteiger partial charge in [0.2, 0.25) is 0 Å². The number of fused-ring (bicyclic) bond motifs is 1. The van der Waals surface area contributed by atoms with Gasteiger partial charge in [0, 0.05) is 24.9 Å². The molecule has 0 atom stereocenters. The standard InChI is InChI=1S/C17H20O.C16H23N3.2C2H6/c1-4-15-9-10-17(14(3)11-15)18-12-16-7-5-13(2)6-8-16;1-2-9-19(14-5-6-14)10-3-4-13-11-16-15(18-12-13)7-8-17-16;2*1-2/h5-11H,4,12H2,1-3H3;8,11-12,14H,2-7,9-10H2,1H3;2*1-2H3. The molecule has 1 fully saturated rings. The molecule has 0 saturated heterocycles. The number of pyridine rings is 1. The lowest BCUT2D eigenvalue weighted by Gasteiger charge is -2.20. The Bertz CT molecular complexity index is 1170. The van der Waals surface area contributed by atoms with Crippen LogP contribution in [0.2, 0.25) is 0 Å². The lowest BCUT2D eigenvalue weighted by atomic mass is 10.1. The second kappa shape index (κ2) is 19.2. The molecule has 224 valence electrons. The van der Waals surface area contributed by atoms with Gasteiger partial charge in [-0.05, 0) is 99.8 Å². The SMILES string of the molecule is CC.CC.CCCN(CCCc1cnc2c(c1)N=CC2)C1CC1.CCc1ccc(OCc2ccc(C)cc2)c(C)c1. The summed E-state index contributed by atoms with van der Waals surface area (Å²) in [7, 11) is 0. The third-order valence-corrected chi connectivity index (χ3v) is 7.17. The Kier molecular flexibility index (Phi) is 16.0. The largest absolute Gasteiger partial charge is 0.489 e. The van der Waals surface area contributed by atoms with Crippen LogP contribution in [0.1, 0.15) is 101 Å². The minimum Gasteiger partial charge on any atom is -0.489 e. The molecule has 3 aromatic rings. The van der Waals surface area contributed by atoms with Crippen LogP contribution in [0.3, 0.4) is 0 Å². The average molecular weight is 558 g/mol. The normalized spacial score (nSPS) is 12.8. The maximum Gasteiger partial charge on any atom is 0.122 e. The summed E-state index contributed by atoms with van der Waals surface area (Å²) in [5, 5.41) is 0. The van der Waals surface area contributed by atoms with Gasteiger partial charge in [-0.1, -0.05) is 83.5 Å². The summed E-state index contributed by atoms with van der Waals surface area (Å²) in [6.07, 6.45) is 12.4. The number of aryl methyl sites for hydroxylation is 4. The van der Waals surface area contributed by atoms with Gasteiger partial charge in [-0.15, -0.1) is 0 Å². The van der Waals surface area contributed by atoms with Crippen LogP contribution in [-0.4, -0.2) is 35.2 Å². The van der Waals surface area contributed by atoms with Crippen molar-refractivity contribution in [3.8, 4) is 5.75 Å². The lowest BCUT2D eigenvalue weighted by Crippen LogP contribution is -2.28. The smallest absolute Gasteiger partial charge is 0.122 e. The lowest BCUT2D eigenvalue weighted by molar-refractivity contribution is 0.261. The van der Waals surface area contributed by atoms with E-state index in [0.717, 1.165) is 42.4 Å². The topological polar surface area (TPSA) is 37.7 Å². The van der Waals surface area contributed by atoms with Crippen molar-refractivity contribution < 1.29 is 4.74 Å². The molecule has 2 aliphatic rings. The minimum atomic E-state index is 0.632. The summed E-state index contributed by atoms with van der Waals surface area (Å²) in [5.74, 6) is 0.979. The Morgan fingerprint density at radius 2 is 1.56 bits per heavy atom. The van der Waals surface area contributed by atoms with Gasteiger partial charge in [-0.25, -0.2) is 0 Å². The molecule has 2 aromatic carbocycles. The van der Waals surface area contributed by atoms with E-state index in [-0.39, 0.29) is 0 Å². The molecule has 0 bridgehead atoms. The Morgan fingerprint density at radius 3 is 2.20 bits per heavy atom. The second-order valence-electron chi connectivity index (χ2n) is 10.4. The molecule has 1 aromatic heterocycles. The third-order valence-electron chi connectivity index (χ3n) is 7.17. The van der Waals surface area contributed by atoms with Crippen molar-refractivity contribution in [1.29, 1.82) is 0 Å². The fourth-order valence-electron chi connectivity index (χ4n) is 4.79. The first-order chi connectivity index (χ1) is 20.1. The molecule has 0 radical (unpaired) electrons. The molecule has 5 rings (SSSR count). The van der Waals surface area contributed by atoms with Gasteiger partial charge < -0.3 is 9.64 Å². The van der Waals surface area contributed by atoms with Gasteiger partial charge in [0.15, 0.2) is 0 Å². The number of nitrogens with zero attached hydrogens (tertiary/aromatic N) is 3. The van der Waals surface area contributed by atoms with Gasteiger partial charge in [-0.2, -0.15) is 0 Å². The first kappa shape index (κ1) is 34.2. The van der Waals surface area contributed by atoms with Crippen molar-refractivity contribution in [2.24, 2.45) is 4.99 Å². The number of rotatable bonds is 11. The van der Waals surface area contributed by atoms with Crippen molar-refractivity contribution >= 4 is 11.9 Å². The molecule has 41 heavy (non-hydrogen) atoms. The van der Waals surface area contributed by atoms with Crippen molar-refractivity contribution in [2.45, 2.75) is 113 Å². The number of hydrogen-bond donors (Lipinski definition) is 0. The first-order valence-electron chi connectivity index (χ1n) is 16.1. The molecule has 0 N–H and O–H groups in total. The highest BCUT2D eigenvalue weighted by Crippen LogP contribution is 2.28. The van der Waals surface area contributed by atoms with E-state index in [1.807, 2.05) is 40.1 Å². The molecule has 0 amide bonds. The second-order valence-corrected chi connectivity index (χ2v) is 10.4. The molecule has 0 spiro atoms. The summed E-state index contributed by atoms with van der Waals surface area (Å²) >= 11 is 0. The summed E-state index contributed by atoms with van der Waals surface area (Å²) in [4.78, 5) is 11.5. The van der Waals surface area contributed by atoms with Crippen LogP contribution in [0.25, 0.3) is 0 Å². The van der Waals surface area contributed by atoms with E-state index in [1.165, 1.54) is 66.6 Å². The van der Waals surface area contributed by atoms with Gasteiger partial charge in [0.1, 0.15) is 12.4 Å². The monoisotopic (exact) mass is 557 g/mol. The summed E-state index contributed by atoms with van der Waals surface area (Å²) in [5.41, 5.74) is 8.61. The van der Waals surface area contributed by atoms with Gasteiger partial charge >= 0.3 is 0 Å². The summed E-state index contributed by atoms with van der Waals surface area (Å²) < 4.78 is 5.86. The Labute approximate surface area is 251 Å². The average Bonchev–Trinajstić information content (AvgIpc) is 3.76. The van der Waals surface area contributed by atoms with Crippen LogP contribution in [0, 0.1) is 13.8 Å². The minimum absolute atomic E-state index is 0.632. The van der Waals surface area contributed by atoms with E-state index < -0.39 is 0 Å². The molecule has 1 aliphatic heterocycles. The van der Waals surface area contributed by atoms with Crippen LogP contribution in [0.5, 0.6) is 5.75 Å². The van der Waals surface area contributed by atoms with Crippen molar-refractivity contribution in [3.63, 3.8) is 0 Å². The zero-order valence-corrected chi connectivity index (χ0v) is 27.2. The van der Waals surface area contributed by atoms with Gasteiger partial charge in [-0.3, -0.25) is 9.98 Å². The van der Waals surface area contributed by atoms with E-state index in [2.05, 4.69) is 91.1 Å². The molecule has 4 nitrogen and oxygen atoms in total. The molecule has 1 saturated carbocycles. The van der Waals surface area contributed by atoms with Crippen LogP contribution in [-0.2, 0) is 25.9 Å². The fraction of sp³-hybridized carbons (Fsp3) is 0.514. The number of aromatic nitrogens is 1. The highest BCUT2D eigenvalue weighted by atomic mass is 16.5. The third kappa shape index (κ3) is 11.8. The van der Waals surface area contributed by atoms with Crippen molar-refractivity contribution in [2.75, 3.05) is 13.1 Å². The van der Waals surface area contributed by atoms with E-state index in [0.29, 0.717) is 6.61 Å². The van der Waals surface area contributed by atoms with Crippen LogP contribution < -0.4 is 4.74 Å². The van der Waals surface area contributed by atoms with E-state index in [1.54, 1.807) is 0 Å². The molecular formula is C37H55N3O. The molecule has 2 heterocycles. The predicted octanol–water partition coefficient (Wildman–Crippen LogP) is 9.64. The maximum atomic E-state index is 5.86. The molecule has 1 aliphatic carbocycles.